The number of allylic oxidation sites excluding steroid dienone is 1. The lowest BCUT2D eigenvalue weighted by Gasteiger charge is -2.30. The van der Waals surface area contributed by atoms with E-state index < -0.39 is 16.0 Å². The quantitative estimate of drug-likeness (QED) is 0.100. The minimum atomic E-state index is -1.88. The van der Waals surface area contributed by atoms with Gasteiger partial charge in [-0.2, -0.15) is 0 Å². The van der Waals surface area contributed by atoms with Gasteiger partial charge in [0, 0.05) is 5.39 Å². The molecule has 1 aliphatic carbocycles. The summed E-state index contributed by atoms with van der Waals surface area (Å²) >= 11 is 0. The molecule has 0 spiro atoms. The maximum Gasteiger partial charge on any atom is 0.130 e. The Morgan fingerprint density at radius 3 is 2.08 bits per heavy atom. The molecule has 0 saturated carbocycles. The monoisotopic (exact) mass is 554 g/mol. The highest BCUT2D eigenvalue weighted by Gasteiger charge is 2.39. The van der Waals surface area contributed by atoms with Crippen LogP contribution < -0.4 is 15.3 Å². The van der Waals surface area contributed by atoms with E-state index in [1.807, 2.05) is 6.08 Å². The predicted octanol–water partition coefficient (Wildman–Crippen LogP) is 9.01. The first kappa shape index (κ1) is 26.5. The van der Waals surface area contributed by atoms with E-state index in [1.54, 1.807) is 0 Å². The summed E-state index contributed by atoms with van der Waals surface area (Å²) in [6.07, 6.45) is 4.49. The highest BCUT2D eigenvalue weighted by Crippen LogP contribution is 2.56. The topological polar surface area (TPSA) is 9.23 Å². The summed E-state index contributed by atoms with van der Waals surface area (Å²) in [7, 11) is -2.54. The zero-order valence-corrected chi connectivity index (χ0v) is 25.2. The molecule has 0 fully saturated rings. The van der Waals surface area contributed by atoms with E-state index in [-0.39, 0.29) is 0 Å². The fourth-order valence-corrected chi connectivity index (χ4v) is 12.0. The Morgan fingerprint density at radius 1 is 0.750 bits per heavy atom. The van der Waals surface area contributed by atoms with Crippen molar-refractivity contribution in [3.63, 3.8) is 0 Å². The summed E-state index contributed by atoms with van der Waals surface area (Å²) in [4.78, 5) is 0. The molecule has 0 N–H and O–H groups in total. The first-order chi connectivity index (χ1) is 19.6. The Hall–Kier alpha value is -3.71. The fourth-order valence-electron chi connectivity index (χ4n) is 6.10. The molecule has 0 bridgehead atoms. The molecule has 40 heavy (non-hydrogen) atoms. The van der Waals surface area contributed by atoms with E-state index in [0.29, 0.717) is 12.1 Å². The van der Waals surface area contributed by atoms with Gasteiger partial charge in [-0.1, -0.05) is 153 Å². The van der Waals surface area contributed by atoms with Crippen LogP contribution in [0.15, 0.2) is 140 Å². The summed E-state index contributed by atoms with van der Waals surface area (Å²) in [5.41, 5.74) is 4.65. The number of benzene rings is 5. The van der Waals surface area contributed by atoms with Crippen LogP contribution in [0.25, 0.3) is 16.1 Å². The second-order valence-corrected chi connectivity index (χ2v) is 18.3. The van der Waals surface area contributed by atoms with E-state index in [4.69, 9.17) is 4.74 Å². The van der Waals surface area contributed by atoms with Crippen molar-refractivity contribution in [2.24, 2.45) is 0 Å². The number of fused-ring (bicyclic) bond motifs is 2. The normalized spacial score (nSPS) is 14.7. The van der Waals surface area contributed by atoms with Crippen LogP contribution in [0.2, 0.25) is 13.1 Å². The van der Waals surface area contributed by atoms with Gasteiger partial charge in [-0.25, -0.2) is 0 Å². The predicted molar refractivity (Wildman–Crippen MR) is 177 cm³/mol. The van der Waals surface area contributed by atoms with Crippen LogP contribution in [-0.2, 0) is 6.04 Å². The van der Waals surface area contributed by atoms with Crippen LogP contribution in [-0.4, -0.2) is 14.7 Å². The Bertz CT molecular complexity index is 1630. The van der Waals surface area contributed by atoms with E-state index >= 15 is 0 Å². The minimum Gasteiger partial charge on any atom is -0.489 e. The van der Waals surface area contributed by atoms with Gasteiger partial charge in [0.2, 0.25) is 0 Å². The summed E-state index contributed by atoms with van der Waals surface area (Å²) in [5, 5.41) is 6.70. The summed E-state index contributed by atoms with van der Waals surface area (Å²) in [6.45, 7) is 9.51. The van der Waals surface area contributed by atoms with Crippen molar-refractivity contribution in [1.82, 2.24) is 0 Å². The lowest BCUT2D eigenvalue weighted by Crippen LogP contribution is -2.36. The van der Waals surface area contributed by atoms with Gasteiger partial charge in [0.15, 0.2) is 0 Å². The molecule has 0 radical (unpaired) electrons. The molecule has 198 valence electrons. The van der Waals surface area contributed by atoms with Crippen LogP contribution in [0, 0.1) is 0 Å². The van der Waals surface area contributed by atoms with E-state index in [9.17, 15) is 0 Å². The second-order valence-electron chi connectivity index (χ2n) is 11.2. The molecule has 1 atom stereocenters. The van der Waals surface area contributed by atoms with Gasteiger partial charge >= 0.3 is 0 Å². The first-order valence-electron chi connectivity index (χ1n) is 14.0. The Kier molecular flexibility index (Phi) is 7.56. The van der Waals surface area contributed by atoms with Crippen molar-refractivity contribution in [1.29, 1.82) is 0 Å². The summed E-state index contributed by atoms with van der Waals surface area (Å²) < 4.78 is 6.34. The first-order valence-corrected chi connectivity index (χ1v) is 18.6. The van der Waals surface area contributed by atoms with Gasteiger partial charge in [0.05, 0.1) is 8.07 Å². The van der Waals surface area contributed by atoms with Crippen LogP contribution in [0.4, 0.5) is 0 Å². The van der Waals surface area contributed by atoms with Crippen molar-refractivity contribution >= 4 is 42.7 Å². The molecular weight excluding hydrogens is 519 g/mol. The van der Waals surface area contributed by atoms with Gasteiger partial charge in [0.1, 0.15) is 12.4 Å². The Morgan fingerprint density at radius 2 is 1.38 bits per heavy atom. The highest BCUT2D eigenvalue weighted by atomic mass is 31.1. The largest absolute Gasteiger partial charge is 0.489 e. The van der Waals surface area contributed by atoms with Gasteiger partial charge in [-0.15, -0.1) is 0 Å². The number of hydrogen-bond donors (Lipinski definition) is 0. The van der Waals surface area contributed by atoms with Gasteiger partial charge in [0.25, 0.3) is 0 Å². The lowest BCUT2D eigenvalue weighted by molar-refractivity contribution is 0.364. The molecule has 5 aromatic carbocycles. The lowest BCUT2D eigenvalue weighted by atomic mass is 10.1. The number of rotatable bonds is 9. The SMILES string of the molecule is C=CCOc1c(C[Si](C)(C)C2C=C(P(c3ccccc3)c3ccccc3)c3ccccc32)ccc2ccccc12. The second kappa shape index (κ2) is 11.4. The molecule has 0 heterocycles. The van der Waals surface area contributed by atoms with Crippen LogP contribution in [0.1, 0.15) is 22.2 Å². The van der Waals surface area contributed by atoms with E-state index in [0.717, 1.165) is 11.8 Å². The molecule has 3 heteroatoms. The standard InChI is InChI=1S/C37H35OPSi/c1-4-25-38-37-29(24-23-28-15-11-12-20-32(28)37)27-40(2,3)36-26-35(33-21-13-14-22-34(33)36)39(30-16-7-5-8-17-30)31-18-9-6-10-19-31/h4-24,26,36H,1,25,27H2,2-3H3. The molecule has 1 aliphatic rings. The van der Waals surface area contributed by atoms with Crippen LogP contribution in [0.5, 0.6) is 5.75 Å². The molecule has 5 aromatic rings. The fraction of sp³-hybridized carbons (Fsp3) is 0.135. The maximum absolute atomic E-state index is 6.34. The van der Waals surface area contributed by atoms with Crippen molar-refractivity contribution in [2.45, 2.75) is 24.7 Å². The van der Waals surface area contributed by atoms with E-state index in [2.05, 4.69) is 147 Å². The van der Waals surface area contributed by atoms with Gasteiger partial charge in [-0.3, -0.25) is 0 Å². The zero-order chi connectivity index (χ0) is 27.5. The third kappa shape index (κ3) is 5.10. The van der Waals surface area contributed by atoms with Crippen molar-refractivity contribution < 1.29 is 4.74 Å². The molecular formula is C37H35OPSi. The molecule has 0 saturated heterocycles. The summed E-state index contributed by atoms with van der Waals surface area (Å²) in [5.74, 6) is 1.02. The zero-order valence-electron chi connectivity index (χ0n) is 23.3. The van der Waals surface area contributed by atoms with Crippen molar-refractivity contribution in [3.8, 4) is 5.75 Å². The molecule has 1 unspecified atom stereocenters. The molecule has 1 nitrogen and oxygen atoms in total. The Labute approximate surface area is 240 Å². The Balaban J connectivity index is 1.44. The minimum absolute atomic E-state index is 0.426. The third-order valence-electron chi connectivity index (χ3n) is 7.96. The van der Waals surface area contributed by atoms with Gasteiger partial charge in [-0.05, 0) is 57.5 Å². The smallest absolute Gasteiger partial charge is 0.130 e. The van der Waals surface area contributed by atoms with Crippen LogP contribution >= 0.6 is 7.92 Å². The van der Waals surface area contributed by atoms with Crippen LogP contribution in [0.3, 0.4) is 0 Å². The maximum atomic E-state index is 6.34. The molecule has 0 aliphatic heterocycles. The summed E-state index contributed by atoms with van der Waals surface area (Å²) in [6, 6.07) is 45.4. The average Bonchev–Trinajstić information content (AvgIpc) is 3.38. The average molecular weight is 555 g/mol. The number of ether oxygens (including phenoxy) is 1. The molecule has 6 rings (SSSR count). The highest BCUT2D eigenvalue weighted by molar-refractivity contribution is 7.82. The molecule has 0 aromatic heterocycles. The van der Waals surface area contributed by atoms with Gasteiger partial charge < -0.3 is 4.74 Å². The number of hydrogen-bond acceptors (Lipinski definition) is 1. The third-order valence-corrected chi connectivity index (χ3v) is 13.9. The van der Waals surface area contributed by atoms with Crippen molar-refractivity contribution in [3.05, 3.63) is 157 Å². The molecule has 0 amide bonds. The van der Waals surface area contributed by atoms with E-state index in [1.165, 1.54) is 43.4 Å². The van der Waals surface area contributed by atoms with Crippen molar-refractivity contribution in [2.75, 3.05) is 6.61 Å².